The first kappa shape index (κ1) is 35.6. The van der Waals surface area contributed by atoms with Crippen LogP contribution in [0.15, 0.2) is 43.7 Å². The molecule has 20 heteroatoms. The first-order valence-corrected chi connectivity index (χ1v) is 11.8. The Morgan fingerprint density at radius 1 is 0.707 bits per heavy atom. The fraction of sp³-hybridized carbons (Fsp3) is 0.190. The summed E-state index contributed by atoms with van der Waals surface area (Å²) in [5, 5.41) is 0. The maximum Gasteiger partial charge on any atom is 0.254 e. The molecule has 0 bridgehead atoms. The number of rotatable bonds is 1. The predicted molar refractivity (Wildman–Crippen MR) is 161 cm³/mol. The number of aromatic amines is 6. The van der Waals surface area contributed by atoms with Crippen molar-refractivity contribution in [1.29, 1.82) is 0 Å². The van der Waals surface area contributed by atoms with E-state index in [9.17, 15) is 24.0 Å². The molecule has 4 rings (SSSR count). The van der Waals surface area contributed by atoms with Gasteiger partial charge < -0.3 is 37.8 Å². The van der Waals surface area contributed by atoms with Gasteiger partial charge in [-0.1, -0.05) is 0 Å². The second-order valence-corrected chi connectivity index (χ2v) is 8.51. The van der Waals surface area contributed by atoms with Crippen molar-refractivity contribution in [1.82, 2.24) is 44.8 Å². The Morgan fingerprint density at radius 3 is 1.22 bits per heavy atom. The van der Waals surface area contributed by atoms with Crippen LogP contribution in [-0.4, -0.2) is 65.3 Å². The van der Waals surface area contributed by atoms with Gasteiger partial charge in [-0.15, -0.1) is 0 Å². The van der Waals surface area contributed by atoms with Crippen molar-refractivity contribution in [2.24, 2.45) is 0 Å². The summed E-state index contributed by atoms with van der Waals surface area (Å²) < 4.78 is 0.733. The van der Waals surface area contributed by atoms with Crippen LogP contribution in [-0.2, 0) is 4.79 Å². The largest absolute Gasteiger partial charge is 0.383 e. The Hall–Kier alpha value is -5.37. The Balaban J connectivity index is 0.000000494. The van der Waals surface area contributed by atoms with E-state index in [0.29, 0.717) is 20.7 Å². The third kappa shape index (κ3) is 17.0. The summed E-state index contributed by atoms with van der Waals surface area (Å²) in [7, 11) is 3.38. The van der Waals surface area contributed by atoms with Crippen LogP contribution in [0.4, 0.5) is 23.5 Å². The van der Waals surface area contributed by atoms with Crippen LogP contribution in [0, 0.1) is 23.4 Å². The van der Waals surface area contributed by atoms with Gasteiger partial charge in [-0.25, -0.2) is 0 Å². The second-order valence-electron chi connectivity index (χ2n) is 7.69. The lowest BCUT2D eigenvalue weighted by Gasteiger charge is -1.93. The molecule has 4 aromatic heterocycles. The van der Waals surface area contributed by atoms with Crippen LogP contribution < -0.4 is 45.2 Å². The number of nitrogens with two attached hydrogens (primary N) is 4. The standard InChI is InChI=1S/2C5H6N2OS.2C4H6N4O.C3H7NO/c2*1-3-2-6-5(9)7-4(3)8;2*5-2-1-3(9)8-4(6)7-2;1-4(2)3-5/h2*2H,1H3,(H2,6,7,8,9);2*1H,(H5,5,6,7,8,9);3H,1-2H3. The minimum atomic E-state index is -0.333. The molecule has 4 aromatic rings. The molecule has 0 aromatic carbocycles. The van der Waals surface area contributed by atoms with E-state index in [1.54, 1.807) is 40.3 Å². The van der Waals surface area contributed by atoms with E-state index in [0.717, 1.165) is 18.5 Å². The maximum atomic E-state index is 10.7. The van der Waals surface area contributed by atoms with Crippen molar-refractivity contribution >= 4 is 54.4 Å². The molecule has 0 saturated carbocycles. The number of aryl methyl sites for hydroxylation is 2. The van der Waals surface area contributed by atoms with Crippen molar-refractivity contribution < 1.29 is 4.79 Å². The second kappa shape index (κ2) is 18.0. The summed E-state index contributed by atoms with van der Waals surface area (Å²) in [4.78, 5) is 75.0. The zero-order valence-electron chi connectivity index (χ0n) is 22.4. The van der Waals surface area contributed by atoms with E-state index < -0.39 is 0 Å². The van der Waals surface area contributed by atoms with Gasteiger partial charge in [0.1, 0.15) is 11.6 Å². The van der Waals surface area contributed by atoms with Crippen molar-refractivity contribution in [2.75, 3.05) is 37.0 Å². The number of aromatic nitrogens is 8. The molecule has 222 valence electrons. The molecule has 0 fully saturated rings. The lowest BCUT2D eigenvalue weighted by atomic mass is 10.4. The van der Waals surface area contributed by atoms with Crippen LogP contribution in [0.2, 0.25) is 0 Å². The minimum absolute atomic E-state index is 0.0417. The van der Waals surface area contributed by atoms with Crippen molar-refractivity contribution in [3.05, 3.63) is 86.6 Å². The molecule has 0 spiro atoms. The van der Waals surface area contributed by atoms with Crippen molar-refractivity contribution in [2.45, 2.75) is 13.8 Å². The van der Waals surface area contributed by atoms with Crippen LogP contribution in [0.25, 0.3) is 0 Å². The number of hydrogen-bond acceptors (Lipinski definition) is 13. The van der Waals surface area contributed by atoms with Gasteiger partial charge in [0.05, 0.1) is 0 Å². The molecule has 0 atom stereocenters. The summed E-state index contributed by atoms with van der Waals surface area (Å²) in [6.45, 7) is 3.42. The first-order chi connectivity index (χ1) is 19.0. The van der Waals surface area contributed by atoms with Crippen molar-refractivity contribution in [3.8, 4) is 0 Å². The normalized spacial score (nSPS) is 9.07. The molecule has 41 heavy (non-hydrogen) atoms. The Kier molecular flexibility index (Phi) is 15.7. The third-order valence-electron chi connectivity index (χ3n) is 3.78. The predicted octanol–water partition coefficient (Wildman–Crippen LogP) is -0.945. The van der Waals surface area contributed by atoms with Crippen LogP contribution >= 0.6 is 24.4 Å². The molecule has 0 radical (unpaired) electrons. The fourth-order valence-corrected chi connectivity index (χ4v) is 2.25. The lowest BCUT2D eigenvalue weighted by molar-refractivity contribution is -0.115. The molecular weight excluding hydrogens is 578 g/mol. The molecular formula is C21H31N13O5S2. The van der Waals surface area contributed by atoms with Crippen molar-refractivity contribution in [3.63, 3.8) is 0 Å². The van der Waals surface area contributed by atoms with E-state index in [1.165, 1.54) is 4.90 Å². The number of H-pyrrole nitrogens is 6. The summed E-state index contributed by atoms with van der Waals surface area (Å²) in [6.07, 6.45) is 3.92. The SMILES string of the molecule is CN(C)C=O.Cc1c[nH]c(=S)[nH]c1=O.Cc1c[nH]c(=S)[nH]c1=O.Nc1cc(=O)[nH]c(N)n1.Nc1cc(=O)[nH]c(N)n1. The van der Waals surface area contributed by atoms with E-state index in [4.69, 9.17) is 22.9 Å². The Bertz CT molecular complexity index is 1580. The number of nitrogen functional groups attached to an aromatic ring is 4. The number of nitrogens with one attached hydrogen (secondary N) is 6. The summed E-state index contributed by atoms with van der Waals surface area (Å²) in [6, 6.07) is 2.33. The number of amides is 1. The fourth-order valence-electron chi connectivity index (χ4n) is 1.95. The van der Waals surface area contributed by atoms with E-state index in [2.05, 4.69) is 64.3 Å². The average Bonchev–Trinajstić information content (AvgIpc) is 2.84. The van der Waals surface area contributed by atoms with Gasteiger partial charge in [0, 0.05) is 49.7 Å². The van der Waals surface area contributed by atoms with Gasteiger partial charge in [-0.05, 0) is 38.3 Å². The highest BCUT2D eigenvalue weighted by atomic mass is 32.1. The monoisotopic (exact) mass is 609 g/mol. The zero-order chi connectivity index (χ0) is 31.7. The number of carbonyl (C=O) groups is 1. The highest BCUT2D eigenvalue weighted by molar-refractivity contribution is 7.71. The number of anilines is 4. The van der Waals surface area contributed by atoms with Gasteiger partial charge in [0.2, 0.25) is 18.3 Å². The highest BCUT2D eigenvalue weighted by Crippen LogP contribution is 1.90. The summed E-state index contributed by atoms with van der Waals surface area (Å²) >= 11 is 9.30. The summed E-state index contributed by atoms with van der Waals surface area (Å²) in [5.74, 6) is 0.354. The van der Waals surface area contributed by atoms with Gasteiger partial charge in [0.25, 0.3) is 22.2 Å². The van der Waals surface area contributed by atoms with Gasteiger partial charge >= 0.3 is 0 Å². The van der Waals surface area contributed by atoms with Gasteiger partial charge in [-0.3, -0.25) is 43.9 Å². The lowest BCUT2D eigenvalue weighted by Crippen LogP contribution is -2.11. The van der Waals surface area contributed by atoms with Crippen LogP contribution in [0.1, 0.15) is 11.1 Å². The Morgan fingerprint density at radius 2 is 1.02 bits per heavy atom. The average molecular weight is 610 g/mol. The highest BCUT2D eigenvalue weighted by Gasteiger charge is 1.91. The molecule has 1 amide bonds. The van der Waals surface area contributed by atoms with E-state index >= 15 is 0 Å². The number of hydrogen-bond donors (Lipinski definition) is 10. The number of nitrogens with zero attached hydrogens (tertiary/aromatic N) is 3. The molecule has 18 nitrogen and oxygen atoms in total. The number of carbonyl (C=O) groups excluding carboxylic acids is 1. The Labute approximate surface area is 241 Å². The van der Waals surface area contributed by atoms with Crippen LogP contribution in [0.3, 0.4) is 0 Å². The third-order valence-corrected chi connectivity index (χ3v) is 4.22. The molecule has 14 N–H and O–H groups in total. The molecule has 0 aliphatic carbocycles. The van der Waals surface area contributed by atoms with Crippen LogP contribution in [0.5, 0.6) is 0 Å². The minimum Gasteiger partial charge on any atom is -0.383 e. The molecule has 0 aliphatic heterocycles. The van der Waals surface area contributed by atoms with E-state index in [-0.39, 0.29) is 45.8 Å². The van der Waals surface area contributed by atoms with Gasteiger partial charge in [0.15, 0.2) is 9.54 Å². The van der Waals surface area contributed by atoms with Gasteiger partial charge in [-0.2, -0.15) is 9.97 Å². The quantitative estimate of drug-likeness (QED) is 0.0920. The molecule has 4 heterocycles. The molecule has 0 aliphatic rings. The molecule has 0 unspecified atom stereocenters. The smallest absolute Gasteiger partial charge is 0.254 e. The first-order valence-electron chi connectivity index (χ1n) is 11.0. The van der Waals surface area contributed by atoms with E-state index in [1.807, 2.05) is 0 Å². The molecule has 0 saturated heterocycles. The summed E-state index contributed by atoms with van der Waals surface area (Å²) in [5.41, 5.74) is 20.9. The maximum absolute atomic E-state index is 10.7. The topological polar surface area (TPSA) is 313 Å². The zero-order valence-corrected chi connectivity index (χ0v) is 24.0.